The number of esters is 2. The normalized spacial score (nSPS) is 23.7. The molecule has 13 N–H and O–H groups in total. The van der Waals surface area contributed by atoms with E-state index in [1.807, 2.05) is 51.1 Å². The second-order valence-electron chi connectivity index (χ2n) is 24.0. The van der Waals surface area contributed by atoms with Gasteiger partial charge in [0, 0.05) is 57.4 Å². The molecule has 30 nitrogen and oxygen atoms in total. The van der Waals surface area contributed by atoms with Crippen LogP contribution in [0.1, 0.15) is 94.2 Å². The third-order valence-corrected chi connectivity index (χ3v) is 16.1. The van der Waals surface area contributed by atoms with Crippen molar-refractivity contribution in [3.63, 3.8) is 0 Å². The average molecular weight is 1410 g/mol. The number of cyclic esters (lactones) is 2. The fraction of sp³-hybridized carbons (Fsp3) is 0.477. The summed E-state index contributed by atoms with van der Waals surface area (Å²) in [7, 11) is 1.46. The summed E-state index contributed by atoms with van der Waals surface area (Å²) in [4.78, 5) is 151. The number of nitrogens with one attached hydrogen (secondary N) is 7. The van der Waals surface area contributed by atoms with Gasteiger partial charge in [-0.3, -0.25) is 52.8 Å². The highest BCUT2D eigenvalue weighted by atomic mass is 35.5. The van der Waals surface area contributed by atoms with E-state index in [4.69, 9.17) is 51.9 Å². The predicted octanol–water partition coefficient (Wildman–Crippen LogP) is 1.80. The van der Waals surface area contributed by atoms with Gasteiger partial charge >= 0.3 is 30.1 Å². The number of methoxy groups -OCH3 is 1. The molecule has 0 radical (unpaired) electrons. The average Bonchev–Trinajstić information content (AvgIpc) is 1.64. The van der Waals surface area contributed by atoms with Crippen molar-refractivity contribution in [2.24, 2.45) is 34.2 Å². The highest BCUT2D eigenvalue weighted by Gasteiger charge is 2.48. The molecule has 536 valence electrons. The molecule has 7 amide bonds. The number of nitrogens with zero attached hydrogens (tertiary/aromatic N) is 4. The minimum atomic E-state index is -5.08. The van der Waals surface area contributed by atoms with Gasteiger partial charge in [-0.1, -0.05) is 110 Å². The van der Waals surface area contributed by atoms with Gasteiger partial charge in [0.15, 0.2) is 12.1 Å². The Morgan fingerprint density at radius 2 is 1.36 bits per heavy atom. The van der Waals surface area contributed by atoms with E-state index in [-0.39, 0.29) is 112 Å². The Morgan fingerprint density at radius 1 is 0.747 bits per heavy atom. The molecule has 99 heavy (non-hydrogen) atoms. The molecule has 0 spiro atoms. The van der Waals surface area contributed by atoms with E-state index in [9.17, 15) is 66.2 Å². The summed E-state index contributed by atoms with van der Waals surface area (Å²) < 4.78 is 56.9. The molecule has 2 fully saturated rings. The molecule has 3 aromatic carbocycles. The maximum atomic E-state index is 14.6. The molecule has 3 aliphatic heterocycles. The third kappa shape index (κ3) is 25.6. The van der Waals surface area contributed by atoms with Gasteiger partial charge in [0.25, 0.3) is 0 Å². The number of guanidine groups is 1. The van der Waals surface area contributed by atoms with Crippen LogP contribution in [-0.2, 0) is 92.8 Å². The molecule has 0 bridgehead atoms. The number of aliphatic carboxylic acids is 2. The Morgan fingerprint density at radius 3 is 1.99 bits per heavy atom. The Hall–Kier alpha value is -10.2. The number of alkyl halides is 3. The molecular weight excluding hydrogens is 1330 g/mol. The molecule has 1 aromatic heterocycles. The maximum Gasteiger partial charge on any atom is 0.490 e. The van der Waals surface area contributed by atoms with E-state index < -0.39 is 139 Å². The van der Waals surface area contributed by atoms with Crippen molar-refractivity contribution in [3.05, 3.63) is 125 Å². The monoisotopic (exact) mass is 1410 g/mol. The third-order valence-electron chi connectivity index (χ3n) is 15.8. The zero-order chi connectivity index (χ0) is 72.5. The number of hydrogen-bond acceptors (Lipinski definition) is 18. The summed E-state index contributed by atoms with van der Waals surface area (Å²) in [6.45, 7) is 4.68. The molecule has 3 aliphatic rings. The van der Waals surface area contributed by atoms with Crippen LogP contribution in [0.25, 0.3) is 0 Å². The first kappa shape index (κ1) is 77.8. The van der Waals surface area contributed by atoms with Gasteiger partial charge in [0.05, 0.1) is 42.8 Å². The zero-order valence-corrected chi connectivity index (χ0v) is 55.3. The van der Waals surface area contributed by atoms with Crippen molar-refractivity contribution in [3.8, 4) is 5.75 Å². The first-order valence-electron chi connectivity index (χ1n) is 31.6. The largest absolute Gasteiger partial charge is 0.495 e. The molecule has 2 saturated heterocycles. The Labute approximate surface area is 571 Å². The number of nitrogens with two attached hydrogens (primary N) is 2. The van der Waals surface area contributed by atoms with Crippen LogP contribution in [0.3, 0.4) is 0 Å². The molecule has 4 aromatic rings. The van der Waals surface area contributed by atoms with Crippen LogP contribution >= 0.6 is 11.6 Å². The van der Waals surface area contributed by atoms with Gasteiger partial charge in [-0.25, -0.2) is 9.59 Å². The number of halogens is 4. The van der Waals surface area contributed by atoms with Crippen LogP contribution in [0.5, 0.6) is 5.75 Å². The maximum absolute atomic E-state index is 14.6. The number of aryl methyl sites for hydroxylation is 1. The van der Waals surface area contributed by atoms with E-state index in [2.05, 4.69) is 52.5 Å². The molecule has 34 heteroatoms. The summed E-state index contributed by atoms with van der Waals surface area (Å²) in [6, 6.07) is 15.8. The van der Waals surface area contributed by atoms with Crippen LogP contribution in [0.4, 0.5) is 13.2 Å². The lowest BCUT2D eigenvalue weighted by Gasteiger charge is -2.27. The van der Waals surface area contributed by atoms with Crippen molar-refractivity contribution in [2.45, 2.75) is 152 Å². The number of benzene rings is 3. The van der Waals surface area contributed by atoms with Crippen molar-refractivity contribution in [2.75, 3.05) is 26.7 Å². The zero-order valence-electron chi connectivity index (χ0n) is 54.5. The van der Waals surface area contributed by atoms with Crippen molar-refractivity contribution in [1.82, 2.24) is 52.2 Å². The number of carbonyl (C=O) groups excluding carboxylic acids is 9. The first-order chi connectivity index (χ1) is 47.0. The van der Waals surface area contributed by atoms with E-state index in [0.717, 1.165) is 5.56 Å². The van der Waals surface area contributed by atoms with E-state index in [1.165, 1.54) is 24.1 Å². The number of carboxylic acids is 2. The summed E-state index contributed by atoms with van der Waals surface area (Å²) in [5.74, 6) is -13.2. The highest BCUT2D eigenvalue weighted by Crippen LogP contribution is 2.45. The number of hydrogen-bond donors (Lipinski definition) is 11. The van der Waals surface area contributed by atoms with Gasteiger partial charge in [-0.05, 0) is 72.9 Å². The molecule has 0 aliphatic carbocycles. The number of epoxide rings is 1. The second-order valence-corrected chi connectivity index (χ2v) is 24.4. The fourth-order valence-corrected chi connectivity index (χ4v) is 10.9. The fourth-order valence-electron chi connectivity index (χ4n) is 10.6. The SMILES string of the molecule is COc1ccc(C[C@H]2NC(=O)/C=C/C[C@@H]([C@H](C)[C@H]3O[C@@H]3c3ccccc3)OC(=O)[C@H](CC(C)C)OC(=O)[C@@H](CCCn3cc(C[C@@H]4NC(=O)[C@H](Cc5ccccc5)NC(=O)[C@H](CC(=O)O)NC(=O)CNC(=O)[C@H](CCCN=C(N)N)NC4=O)nn3)CNC2=O)cc1Cl.O=C(O)C(F)(F)F. The smallest absolute Gasteiger partial charge is 0.490 e. The quantitative estimate of drug-likeness (QED) is 0.0176. The number of ether oxygens (including phenoxy) is 4. The number of aliphatic imine (C=N–C) groups is 1. The highest BCUT2D eigenvalue weighted by molar-refractivity contribution is 6.32. The number of amides is 7. The summed E-state index contributed by atoms with van der Waals surface area (Å²) in [6.07, 6.45) is -4.53. The summed E-state index contributed by atoms with van der Waals surface area (Å²) in [5.41, 5.74) is 13.3. The Bertz CT molecular complexity index is 3540. The summed E-state index contributed by atoms with van der Waals surface area (Å²) in [5, 5.41) is 43.8. The molecule has 0 saturated carbocycles. The van der Waals surface area contributed by atoms with Crippen LogP contribution in [0.2, 0.25) is 5.02 Å². The predicted molar refractivity (Wildman–Crippen MR) is 346 cm³/mol. The number of rotatable bonds is 22. The summed E-state index contributed by atoms with van der Waals surface area (Å²) >= 11 is 6.48. The van der Waals surface area contributed by atoms with Gasteiger partial charge in [-0.15, -0.1) is 5.10 Å². The molecule has 0 unspecified atom stereocenters. The first-order valence-corrected chi connectivity index (χ1v) is 32.0. The number of carboxylic acid groups (broad SMARTS) is 2. The minimum absolute atomic E-state index is 0.0188. The lowest BCUT2D eigenvalue weighted by Crippen LogP contribution is -2.58. The van der Waals surface area contributed by atoms with Gasteiger partial charge in [-0.2, -0.15) is 13.2 Å². The molecular formula is C65H81ClF3N13O17. The molecule has 11 atom stereocenters. The molecule has 7 rings (SSSR count). The standard InChI is InChI=1S/C63H80ClN13O15.C2HF3O2/c1-35(2)26-50-62(88)90-48(36(3)54-55(92-54)39-16-9-6-10-17-39)20-11-21-51(78)70-44(29-38-22-23-49(89-4)42(64)27-38)57(83)68-32-40(61(87)91-50)18-13-25-77-34-41(75-76-77)30-46-59(85)72-43(19-12-24-67-63(65)66)56(82)69-33-52(79)71-47(31-53(80)81)60(86)73-45(58(84)74-46)28-37-14-7-5-8-15-37;3-2(4,5)1(6)7/h5-11,14-17,21-23,27,34-36,40,43-48,50,54-55H,12-13,18-20,24-26,28-33H2,1-4H3,(H,68,83)(H,69,82)(H,70,78)(H,71,79)(H,72,85)(H,73,86)(H,74,84)(H,80,81)(H4,65,66,67);(H,6,7)/b21-11+;/t36-,40-,43-,44+,45-,46-,47-,48-,50-,54+,55+;/m0./s1. The van der Waals surface area contributed by atoms with Crippen molar-refractivity contribution < 1.29 is 95.1 Å². The van der Waals surface area contributed by atoms with E-state index in [1.54, 1.807) is 54.6 Å². The van der Waals surface area contributed by atoms with Crippen LogP contribution in [0, 0.1) is 17.8 Å². The van der Waals surface area contributed by atoms with Gasteiger partial charge in [0.1, 0.15) is 48.2 Å². The van der Waals surface area contributed by atoms with Crippen LogP contribution < -0.4 is 53.4 Å². The van der Waals surface area contributed by atoms with E-state index >= 15 is 0 Å². The van der Waals surface area contributed by atoms with Gasteiger partial charge < -0.3 is 77.8 Å². The topological polar surface area (TPSA) is 448 Å². The van der Waals surface area contributed by atoms with Crippen LogP contribution in [0.15, 0.2) is 102 Å². The number of aromatic nitrogens is 3. The lowest BCUT2D eigenvalue weighted by molar-refractivity contribution is -0.192. The van der Waals surface area contributed by atoms with Gasteiger partial charge in [0.2, 0.25) is 41.4 Å². The molecule has 4 heterocycles. The van der Waals surface area contributed by atoms with E-state index in [0.29, 0.717) is 16.9 Å². The minimum Gasteiger partial charge on any atom is -0.495 e. The van der Waals surface area contributed by atoms with Crippen molar-refractivity contribution in [1.29, 1.82) is 0 Å². The lowest BCUT2D eigenvalue weighted by atomic mass is 9.93. The number of carbonyl (C=O) groups is 11. The van der Waals surface area contributed by atoms with Crippen molar-refractivity contribution >= 4 is 82.8 Å². The Kier molecular flexibility index (Phi) is 29.5. The Balaban J connectivity index is 0.00000209. The second kappa shape index (κ2) is 37.5. The van der Waals surface area contributed by atoms with Crippen LogP contribution in [-0.4, -0.2) is 178 Å².